The lowest BCUT2D eigenvalue weighted by atomic mass is 9.94. The quantitative estimate of drug-likeness (QED) is 0.523. The Labute approximate surface area is 182 Å². The van der Waals surface area contributed by atoms with Gasteiger partial charge in [-0.1, -0.05) is 27.5 Å². The molecule has 0 saturated heterocycles. The van der Waals surface area contributed by atoms with Crippen LogP contribution in [0.5, 0.6) is 0 Å². The number of rotatable bonds is 7. The molecule has 3 rings (SSSR count). The Bertz CT molecular complexity index is 909. The number of aliphatic hydroxyl groups is 1. The highest BCUT2D eigenvalue weighted by atomic mass is 79.9. The molecule has 3 N–H and O–H groups in total. The van der Waals surface area contributed by atoms with Crippen molar-refractivity contribution in [3.63, 3.8) is 0 Å². The molecule has 0 spiro atoms. The largest absolute Gasteiger partial charge is 0.382 e. The lowest BCUT2D eigenvalue weighted by Crippen LogP contribution is -2.62. The second-order valence-electron chi connectivity index (χ2n) is 6.41. The second kappa shape index (κ2) is 9.13. The zero-order valence-corrected chi connectivity index (χ0v) is 18.1. The van der Waals surface area contributed by atoms with E-state index < -0.39 is 17.7 Å². The minimum Gasteiger partial charge on any atom is -0.382 e. The molecule has 1 aliphatic rings. The lowest BCUT2D eigenvalue weighted by Gasteiger charge is -2.42. The van der Waals surface area contributed by atoms with Crippen LogP contribution >= 0.6 is 27.5 Å². The van der Waals surface area contributed by atoms with Gasteiger partial charge in [0.25, 0.3) is 11.6 Å². The fraction of sp³-hybridized carbons (Fsp3) is 0.300. The number of fused-ring (bicyclic) bond motifs is 1. The van der Waals surface area contributed by atoms with E-state index in [1.165, 1.54) is 0 Å². The summed E-state index contributed by atoms with van der Waals surface area (Å²) < 4.78 is 5.93. The van der Waals surface area contributed by atoms with Gasteiger partial charge >= 0.3 is 6.03 Å². The summed E-state index contributed by atoms with van der Waals surface area (Å²) in [4.78, 5) is 27.1. The van der Waals surface area contributed by atoms with Gasteiger partial charge in [-0.05, 0) is 55.8 Å². The Morgan fingerprint density at radius 2 is 2.03 bits per heavy atom. The molecule has 3 amide bonds. The maximum Gasteiger partial charge on any atom is 0.329 e. The number of benzene rings is 2. The molecule has 7 nitrogen and oxygen atoms in total. The summed E-state index contributed by atoms with van der Waals surface area (Å²) in [6, 6.07) is 10.6. The van der Waals surface area contributed by atoms with Gasteiger partial charge in [-0.3, -0.25) is 9.69 Å². The van der Waals surface area contributed by atoms with Crippen LogP contribution < -0.4 is 15.5 Å². The third-order valence-electron chi connectivity index (χ3n) is 4.48. The van der Waals surface area contributed by atoms with Crippen molar-refractivity contribution >= 4 is 50.8 Å². The van der Waals surface area contributed by atoms with Crippen molar-refractivity contribution in [2.45, 2.75) is 19.1 Å². The van der Waals surface area contributed by atoms with E-state index in [0.717, 1.165) is 4.90 Å². The van der Waals surface area contributed by atoms with E-state index in [1.54, 1.807) is 42.5 Å². The number of ether oxygens (including phenoxy) is 1. The Balaban J connectivity index is 2.00. The number of carbonyl (C=O) groups is 2. The molecule has 2 aromatic rings. The third-order valence-corrected chi connectivity index (χ3v) is 5.23. The van der Waals surface area contributed by atoms with Crippen molar-refractivity contribution < 1.29 is 19.4 Å². The highest BCUT2D eigenvalue weighted by Gasteiger charge is 2.52. The molecule has 0 bridgehead atoms. The smallest absolute Gasteiger partial charge is 0.329 e. The highest BCUT2D eigenvalue weighted by Crippen LogP contribution is 2.41. The molecule has 154 valence electrons. The standard InChI is InChI=1S/C20H21BrClN3O4/c1-2-29-11-3-10-23-18(26)20(28)16-12-13(21)4-9-17(16)24-19(27)25(20)15-7-5-14(22)6-8-15/h4-9,12,28H,2-3,10-11H2,1H3,(H,23,26)(H,24,27). The van der Waals surface area contributed by atoms with Crippen molar-refractivity contribution in [2.24, 2.45) is 0 Å². The monoisotopic (exact) mass is 481 g/mol. The Kier molecular flexibility index (Phi) is 6.79. The Morgan fingerprint density at radius 1 is 1.31 bits per heavy atom. The first-order valence-electron chi connectivity index (χ1n) is 9.13. The van der Waals surface area contributed by atoms with Crippen LogP contribution in [-0.2, 0) is 15.3 Å². The summed E-state index contributed by atoms with van der Waals surface area (Å²) in [5.74, 6) is -0.710. The molecule has 29 heavy (non-hydrogen) atoms. The summed E-state index contributed by atoms with van der Waals surface area (Å²) in [7, 11) is 0. The van der Waals surface area contributed by atoms with Gasteiger partial charge in [0.15, 0.2) is 0 Å². The fourth-order valence-corrected chi connectivity index (χ4v) is 3.60. The number of hydrogen-bond donors (Lipinski definition) is 3. The van der Waals surface area contributed by atoms with Crippen LogP contribution in [0.25, 0.3) is 0 Å². The van der Waals surface area contributed by atoms with Crippen LogP contribution in [0.1, 0.15) is 18.9 Å². The van der Waals surface area contributed by atoms with Crippen LogP contribution in [0.3, 0.4) is 0 Å². The maximum atomic E-state index is 13.2. The van der Waals surface area contributed by atoms with Crippen molar-refractivity contribution in [1.29, 1.82) is 0 Å². The molecule has 0 aromatic heterocycles. The zero-order chi connectivity index (χ0) is 21.0. The highest BCUT2D eigenvalue weighted by molar-refractivity contribution is 9.10. The molecule has 1 heterocycles. The van der Waals surface area contributed by atoms with Crippen LogP contribution in [0.2, 0.25) is 5.02 Å². The summed E-state index contributed by atoms with van der Waals surface area (Å²) in [5, 5.41) is 17.5. The number of amides is 3. The van der Waals surface area contributed by atoms with Gasteiger partial charge < -0.3 is 20.5 Å². The van der Waals surface area contributed by atoms with E-state index in [4.69, 9.17) is 16.3 Å². The molecule has 1 unspecified atom stereocenters. The van der Waals surface area contributed by atoms with E-state index in [1.807, 2.05) is 6.92 Å². The van der Waals surface area contributed by atoms with Crippen molar-refractivity contribution in [1.82, 2.24) is 5.32 Å². The van der Waals surface area contributed by atoms with Crippen molar-refractivity contribution in [3.05, 3.63) is 57.5 Å². The SMILES string of the molecule is CCOCCCNC(=O)C1(O)c2cc(Br)ccc2NC(=O)N1c1ccc(Cl)cc1. The van der Waals surface area contributed by atoms with E-state index >= 15 is 0 Å². The molecular weight excluding hydrogens is 462 g/mol. The number of carbonyl (C=O) groups excluding carboxylic acids is 2. The van der Waals surface area contributed by atoms with Gasteiger partial charge in [0, 0.05) is 40.5 Å². The number of urea groups is 1. The first-order chi connectivity index (χ1) is 13.9. The number of nitrogens with zero attached hydrogens (tertiary/aromatic N) is 1. The van der Waals surface area contributed by atoms with Crippen LogP contribution in [0, 0.1) is 0 Å². The average Bonchev–Trinajstić information content (AvgIpc) is 2.70. The number of nitrogens with one attached hydrogen (secondary N) is 2. The molecule has 2 aromatic carbocycles. The second-order valence-corrected chi connectivity index (χ2v) is 7.76. The van der Waals surface area contributed by atoms with E-state index in [9.17, 15) is 14.7 Å². The van der Waals surface area contributed by atoms with Crippen molar-refractivity contribution in [2.75, 3.05) is 30.0 Å². The molecular formula is C20H21BrClN3O4. The number of anilines is 2. The van der Waals surface area contributed by atoms with E-state index in [0.29, 0.717) is 47.0 Å². The molecule has 0 fully saturated rings. The van der Waals surface area contributed by atoms with E-state index in [-0.39, 0.29) is 5.56 Å². The molecule has 1 atom stereocenters. The van der Waals surface area contributed by atoms with E-state index in [2.05, 4.69) is 26.6 Å². The predicted molar refractivity (Wildman–Crippen MR) is 115 cm³/mol. The zero-order valence-electron chi connectivity index (χ0n) is 15.7. The molecule has 0 radical (unpaired) electrons. The lowest BCUT2D eigenvalue weighted by molar-refractivity contribution is -0.140. The Morgan fingerprint density at radius 3 is 2.72 bits per heavy atom. The summed E-state index contributed by atoms with van der Waals surface area (Å²) in [6.07, 6.45) is 0.578. The van der Waals surface area contributed by atoms with Gasteiger partial charge in [-0.15, -0.1) is 0 Å². The number of hydrogen-bond acceptors (Lipinski definition) is 4. The topological polar surface area (TPSA) is 90.9 Å². The average molecular weight is 483 g/mol. The molecule has 0 saturated carbocycles. The third kappa shape index (κ3) is 4.40. The number of halogens is 2. The molecule has 1 aliphatic heterocycles. The van der Waals surface area contributed by atoms with Gasteiger partial charge in [0.1, 0.15) is 0 Å². The van der Waals surface area contributed by atoms with Crippen LogP contribution in [0.15, 0.2) is 46.9 Å². The van der Waals surface area contributed by atoms with Gasteiger partial charge in [0.2, 0.25) is 0 Å². The summed E-state index contributed by atoms with van der Waals surface area (Å²) in [5.41, 5.74) is -1.32. The first kappa shape index (κ1) is 21.6. The minimum absolute atomic E-state index is 0.253. The van der Waals surface area contributed by atoms with Crippen molar-refractivity contribution in [3.8, 4) is 0 Å². The Hall–Kier alpha value is -2.13. The van der Waals surface area contributed by atoms with Gasteiger partial charge in [-0.25, -0.2) is 4.79 Å². The van der Waals surface area contributed by atoms with Gasteiger partial charge in [-0.2, -0.15) is 0 Å². The summed E-state index contributed by atoms with van der Waals surface area (Å²) in [6.45, 7) is 3.25. The van der Waals surface area contributed by atoms with Crippen LogP contribution in [-0.4, -0.2) is 36.8 Å². The van der Waals surface area contributed by atoms with Crippen LogP contribution in [0.4, 0.5) is 16.2 Å². The summed E-state index contributed by atoms with van der Waals surface area (Å²) >= 11 is 9.32. The molecule has 0 aliphatic carbocycles. The normalized spacial score (nSPS) is 18.2. The first-order valence-corrected chi connectivity index (χ1v) is 10.3. The minimum atomic E-state index is -2.25. The van der Waals surface area contributed by atoms with Gasteiger partial charge in [0.05, 0.1) is 5.69 Å². The fourth-order valence-electron chi connectivity index (χ4n) is 3.11. The molecule has 9 heteroatoms. The predicted octanol–water partition coefficient (Wildman–Crippen LogP) is 3.84. The maximum absolute atomic E-state index is 13.2.